The number of carbonyl (C=O) groups excluding carboxylic acids is 1. The molecule has 2 aliphatic rings. The topological polar surface area (TPSA) is 39.7 Å². The number of aryl methyl sites for hydroxylation is 2. The van der Waals surface area contributed by atoms with Crippen LogP contribution in [0.3, 0.4) is 0 Å². The zero-order valence-corrected chi connectivity index (χ0v) is 16.2. The zero-order chi connectivity index (χ0) is 18.0. The number of rotatable bonds is 4. The number of likely N-dealkylation sites (N-methyl/N-ethyl adjacent to an activating group) is 1. The Morgan fingerprint density at radius 1 is 1.16 bits per heavy atom. The van der Waals surface area contributed by atoms with Gasteiger partial charge in [-0.25, -0.2) is 0 Å². The van der Waals surface area contributed by atoms with E-state index in [0.717, 1.165) is 50.5 Å². The molecule has 2 saturated heterocycles. The van der Waals surface area contributed by atoms with Crippen molar-refractivity contribution in [2.24, 2.45) is 5.41 Å². The lowest BCUT2D eigenvalue weighted by Gasteiger charge is -2.49. The van der Waals surface area contributed by atoms with E-state index in [0.29, 0.717) is 12.3 Å². The van der Waals surface area contributed by atoms with E-state index in [1.165, 1.54) is 18.5 Å². The van der Waals surface area contributed by atoms with E-state index >= 15 is 0 Å². The molecule has 1 atom stereocenters. The molecule has 0 bridgehead atoms. The van der Waals surface area contributed by atoms with E-state index in [4.69, 9.17) is 0 Å². The monoisotopic (exact) mass is 344 g/mol. The van der Waals surface area contributed by atoms with Crippen LogP contribution in [0.2, 0.25) is 0 Å². The fourth-order valence-corrected chi connectivity index (χ4v) is 4.38. The third-order valence-corrected chi connectivity index (χ3v) is 5.66. The van der Waals surface area contributed by atoms with Crippen LogP contribution in [-0.2, 0) is 4.79 Å². The highest BCUT2D eigenvalue weighted by atomic mass is 16.2. The number of piperidine rings is 2. The standard InChI is InChI=1S/C20H32N4O/c1-16-12-18(13-17(2)21-16)23-9-5-7-20(14-23)8-6-19(25)24(15-20)11-10-22(3)4/h12-13H,5-11,14-15H2,1-4H3. The minimum atomic E-state index is 0.254. The number of likely N-dealkylation sites (tertiary alicyclic amines) is 1. The van der Waals surface area contributed by atoms with Crippen LogP contribution in [0.15, 0.2) is 12.1 Å². The smallest absolute Gasteiger partial charge is 0.222 e. The second-order valence-corrected chi connectivity index (χ2v) is 8.25. The predicted molar refractivity (Wildman–Crippen MR) is 102 cm³/mol. The van der Waals surface area contributed by atoms with E-state index in [1.54, 1.807) is 0 Å². The molecule has 1 amide bonds. The van der Waals surface area contributed by atoms with Crippen LogP contribution in [0.5, 0.6) is 0 Å². The van der Waals surface area contributed by atoms with Gasteiger partial charge in [-0.05, 0) is 59.3 Å². The normalized spacial score (nSPS) is 24.4. The highest BCUT2D eigenvalue weighted by Gasteiger charge is 2.41. The van der Waals surface area contributed by atoms with Crippen molar-refractivity contribution in [1.29, 1.82) is 0 Å². The molecule has 0 saturated carbocycles. The summed E-state index contributed by atoms with van der Waals surface area (Å²) in [5.41, 5.74) is 3.71. The molecular weight excluding hydrogens is 312 g/mol. The lowest BCUT2D eigenvalue weighted by Crippen LogP contribution is -2.55. The molecule has 1 aromatic rings. The first-order valence-electron chi connectivity index (χ1n) is 9.50. The summed E-state index contributed by atoms with van der Waals surface area (Å²) in [6.07, 6.45) is 4.17. The second kappa shape index (κ2) is 7.32. The molecule has 2 fully saturated rings. The van der Waals surface area contributed by atoms with Crippen molar-refractivity contribution >= 4 is 11.6 Å². The summed E-state index contributed by atoms with van der Waals surface area (Å²) >= 11 is 0. The van der Waals surface area contributed by atoms with Gasteiger partial charge in [-0.1, -0.05) is 0 Å². The van der Waals surface area contributed by atoms with E-state index in [9.17, 15) is 4.79 Å². The largest absolute Gasteiger partial charge is 0.371 e. The van der Waals surface area contributed by atoms with E-state index in [-0.39, 0.29) is 5.41 Å². The van der Waals surface area contributed by atoms with Gasteiger partial charge in [-0.3, -0.25) is 9.78 Å². The van der Waals surface area contributed by atoms with Crippen molar-refractivity contribution in [2.45, 2.75) is 39.5 Å². The molecule has 0 aromatic carbocycles. The Labute approximate surface area is 152 Å². The van der Waals surface area contributed by atoms with Crippen LogP contribution in [0.1, 0.15) is 37.1 Å². The maximum Gasteiger partial charge on any atom is 0.222 e. The number of anilines is 1. The van der Waals surface area contributed by atoms with Gasteiger partial charge in [0.2, 0.25) is 5.91 Å². The van der Waals surface area contributed by atoms with Crippen molar-refractivity contribution in [3.63, 3.8) is 0 Å². The molecule has 1 aromatic heterocycles. The average Bonchev–Trinajstić information content (AvgIpc) is 2.55. The van der Waals surface area contributed by atoms with Gasteiger partial charge in [0.05, 0.1) is 0 Å². The Hall–Kier alpha value is -1.62. The van der Waals surface area contributed by atoms with Gasteiger partial charge in [0.25, 0.3) is 0 Å². The molecule has 0 aliphatic carbocycles. The van der Waals surface area contributed by atoms with Gasteiger partial charge < -0.3 is 14.7 Å². The summed E-state index contributed by atoms with van der Waals surface area (Å²) in [6.45, 7) is 9.00. The lowest BCUT2D eigenvalue weighted by molar-refractivity contribution is -0.138. The number of hydrogen-bond acceptors (Lipinski definition) is 4. The molecule has 3 rings (SSSR count). The summed E-state index contributed by atoms with van der Waals surface area (Å²) in [7, 11) is 4.14. The molecule has 5 heteroatoms. The highest BCUT2D eigenvalue weighted by molar-refractivity contribution is 5.77. The Balaban J connectivity index is 1.73. The third-order valence-electron chi connectivity index (χ3n) is 5.66. The molecule has 3 heterocycles. The third kappa shape index (κ3) is 4.32. The second-order valence-electron chi connectivity index (χ2n) is 8.25. The maximum absolute atomic E-state index is 12.4. The van der Waals surface area contributed by atoms with Gasteiger partial charge in [-0.15, -0.1) is 0 Å². The number of nitrogens with zero attached hydrogens (tertiary/aromatic N) is 4. The fraction of sp³-hybridized carbons (Fsp3) is 0.700. The SMILES string of the molecule is Cc1cc(N2CCCC3(CCC(=O)N(CCN(C)C)C3)C2)cc(C)n1. The van der Waals surface area contributed by atoms with E-state index in [2.05, 4.69) is 59.8 Å². The summed E-state index contributed by atoms with van der Waals surface area (Å²) in [5, 5.41) is 0. The number of pyridine rings is 1. The molecule has 25 heavy (non-hydrogen) atoms. The Kier molecular flexibility index (Phi) is 5.32. The molecule has 5 nitrogen and oxygen atoms in total. The van der Waals surface area contributed by atoms with Crippen LogP contribution in [0.25, 0.3) is 0 Å². The van der Waals surface area contributed by atoms with Crippen molar-refractivity contribution in [2.75, 3.05) is 51.7 Å². The number of amides is 1. The van der Waals surface area contributed by atoms with Crippen LogP contribution < -0.4 is 4.90 Å². The zero-order valence-electron chi connectivity index (χ0n) is 16.2. The molecule has 138 valence electrons. The van der Waals surface area contributed by atoms with Crippen molar-refractivity contribution in [3.8, 4) is 0 Å². The molecule has 1 spiro atoms. The van der Waals surface area contributed by atoms with Crippen molar-refractivity contribution in [3.05, 3.63) is 23.5 Å². The van der Waals surface area contributed by atoms with Crippen LogP contribution >= 0.6 is 0 Å². The van der Waals surface area contributed by atoms with Crippen LogP contribution in [-0.4, -0.2) is 67.5 Å². The van der Waals surface area contributed by atoms with Gasteiger partial charge >= 0.3 is 0 Å². The van der Waals surface area contributed by atoms with Crippen LogP contribution in [0.4, 0.5) is 5.69 Å². The van der Waals surface area contributed by atoms with Crippen molar-refractivity contribution in [1.82, 2.24) is 14.8 Å². The maximum atomic E-state index is 12.4. The van der Waals surface area contributed by atoms with E-state index in [1.807, 2.05) is 0 Å². The number of carbonyl (C=O) groups is 1. The summed E-state index contributed by atoms with van der Waals surface area (Å²) < 4.78 is 0. The fourth-order valence-electron chi connectivity index (χ4n) is 4.38. The Morgan fingerprint density at radius 2 is 1.88 bits per heavy atom. The molecule has 1 unspecified atom stereocenters. The number of aromatic nitrogens is 1. The summed E-state index contributed by atoms with van der Waals surface area (Å²) in [4.78, 5) is 23.7. The minimum absolute atomic E-state index is 0.254. The Bertz CT molecular complexity index is 610. The number of hydrogen-bond donors (Lipinski definition) is 0. The minimum Gasteiger partial charge on any atom is -0.371 e. The predicted octanol–water partition coefficient (Wildman–Crippen LogP) is 2.47. The first kappa shape index (κ1) is 18.2. The highest BCUT2D eigenvalue weighted by Crippen LogP contribution is 2.40. The summed E-state index contributed by atoms with van der Waals surface area (Å²) in [6, 6.07) is 4.40. The van der Waals surface area contributed by atoms with Gasteiger partial charge in [0, 0.05) is 61.6 Å². The molecule has 2 aliphatic heterocycles. The van der Waals surface area contributed by atoms with Crippen LogP contribution in [0, 0.1) is 19.3 Å². The lowest BCUT2D eigenvalue weighted by atomic mass is 9.73. The quantitative estimate of drug-likeness (QED) is 0.841. The molecule has 0 radical (unpaired) electrons. The van der Waals surface area contributed by atoms with Gasteiger partial charge in [-0.2, -0.15) is 0 Å². The Morgan fingerprint density at radius 3 is 2.56 bits per heavy atom. The summed E-state index contributed by atoms with van der Waals surface area (Å²) in [5.74, 6) is 0.334. The molecular formula is C20H32N4O. The molecule has 0 N–H and O–H groups in total. The first-order chi connectivity index (χ1) is 11.9. The van der Waals surface area contributed by atoms with Gasteiger partial charge in [0.15, 0.2) is 0 Å². The van der Waals surface area contributed by atoms with Gasteiger partial charge in [0.1, 0.15) is 0 Å². The van der Waals surface area contributed by atoms with E-state index < -0.39 is 0 Å². The first-order valence-corrected chi connectivity index (χ1v) is 9.50. The van der Waals surface area contributed by atoms with Crippen molar-refractivity contribution < 1.29 is 4.79 Å². The average molecular weight is 345 g/mol.